The number of nitrogens with one attached hydrogen (secondary N) is 1. The van der Waals surface area contributed by atoms with E-state index in [1.165, 1.54) is 0 Å². The molecule has 1 aromatic rings. The van der Waals surface area contributed by atoms with Crippen LogP contribution in [0.15, 0.2) is 17.1 Å². The third-order valence-electron chi connectivity index (χ3n) is 4.27. The monoisotopic (exact) mass is 379 g/mol. The van der Waals surface area contributed by atoms with Crippen LogP contribution in [0, 0.1) is 6.92 Å². The molecule has 0 aliphatic rings. The van der Waals surface area contributed by atoms with Crippen molar-refractivity contribution < 1.29 is 14.3 Å². The van der Waals surface area contributed by atoms with Gasteiger partial charge in [-0.2, -0.15) is 0 Å². The molecule has 0 aliphatic carbocycles. The van der Waals surface area contributed by atoms with Crippen molar-refractivity contribution in [3.8, 4) is 11.5 Å². The first-order chi connectivity index (χ1) is 12.8. The zero-order valence-corrected chi connectivity index (χ0v) is 16.7. The first kappa shape index (κ1) is 22.6. The van der Waals surface area contributed by atoms with Crippen LogP contribution in [0.4, 0.5) is 0 Å². The molecular weight excluding hydrogens is 346 g/mol. The lowest BCUT2D eigenvalue weighted by Gasteiger charge is -2.19. The van der Waals surface area contributed by atoms with Crippen LogP contribution in [0.25, 0.3) is 0 Å². The molecule has 27 heavy (non-hydrogen) atoms. The number of unbranched alkanes of at least 4 members (excludes halogenated alkanes) is 1. The first-order valence-electron chi connectivity index (χ1n) is 9.11. The number of amides is 1. The summed E-state index contributed by atoms with van der Waals surface area (Å²) in [5.74, 6) is 1.48. The summed E-state index contributed by atoms with van der Waals surface area (Å²) in [7, 11) is 3.27. The van der Waals surface area contributed by atoms with Crippen LogP contribution in [-0.4, -0.2) is 44.7 Å². The summed E-state index contributed by atoms with van der Waals surface area (Å²) < 4.78 is 10.8. The van der Waals surface area contributed by atoms with E-state index in [0.717, 1.165) is 35.5 Å². The van der Waals surface area contributed by atoms with E-state index in [-0.39, 0.29) is 17.9 Å². The van der Waals surface area contributed by atoms with Crippen LogP contribution in [0.2, 0.25) is 0 Å². The van der Waals surface area contributed by atoms with Gasteiger partial charge in [-0.25, -0.2) is 0 Å². The van der Waals surface area contributed by atoms with E-state index < -0.39 is 6.04 Å². The van der Waals surface area contributed by atoms with Gasteiger partial charge in [0.15, 0.2) is 5.96 Å². The fourth-order valence-corrected chi connectivity index (χ4v) is 2.82. The Balaban J connectivity index is 2.54. The second kappa shape index (κ2) is 11.3. The number of carbonyl (C=O) groups excluding carboxylic acids is 1. The maximum absolute atomic E-state index is 12.3. The van der Waals surface area contributed by atoms with Crippen molar-refractivity contribution in [2.75, 3.05) is 20.8 Å². The maximum Gasteiger partial charge on any atom is 0.237 e. The van der Waals surface area contributed by atoms with E-state index in [4.69, 9.17) is 26.7 Å². The minimum Gasteiger partial charge on any atom is -0.496 e. The lowest BCUT2D eigenvalue weighted by Crippen LogP contribution is -2.45. The Kier molecular flexibility index (Phi) is 9.42. The molecule has 1 amide bonds. The van der Waals surface area contributed by atoms with E-state index in [0.29, 0.717) is 19.4 Å². The highest BCUT2D eigenvalue weighted by molar-refractivity contribution is 5.81. The Hall–Kier alpha value is -2.48. The van der Waals surface area contributed by atoms with Crippen LogP contribution in [0.5, 0.6) is 11.5 Å². The van der Waals surface area contributed by atoms with E-state index >= 15 is 0 Å². The van der Waals surface area contributed by atoms with Gasteiger partial charge in [-0.3, -0.25) is 9.79 Å². The third kappa shape index (κ3) is 7.74. The predicted octanol–water partition coefficient (Wildman–Crippen LogP) is 0.830. The number of guanidine groups is 1. The number of hydrogen-bond acceptors (Lipinski definition) is 5. The van der Waals surface area contributed by atoms with Crippen molar-refractivity contribution in [3.05, 3.63) is 23.3 Å². The molecule has 2 unspecified atom stereocenters. The highest BCUT2D eigenvalue weighted by Gasteiger charge is 2.17. The average Bonchev–Trinajstić information content (AvgIpc) is 2.61. The van der Waals surface area contributed by atoms with Gasteiger partial charge in [-0.05, 0) is 62.8 Å². The Morgan fingerprint density at radius 2 is 1.85 bits per heavy atom. The number of aliphatic imine (C=N–C) groups is 1. The van der Waals surface area contributed by atoms with Gasteiger partial charge in [0.1, 0.15) is 11.5 Å². The van der Waals surface area contributed by atoms with E-state index in [1.54, 1.807) is 14.2 Å². The molecule has 0 aromatic heterocycles. The molecule has 152 valence electrons. The lowest BCUT2D eigenvalue weighted by atomic mass is 10.0. The molecule has 1 aromatic carbocycles. The summed E-state index contributed by atoms with van der Waals surface area (Å²) in [6.45, 7) is 4.44. The molecule has 8 nitrogen and oxygen atoms in total. The summed E-state index contributed by atoms with van der Waals surface area (Å²) in [6.07, 6.45) is 2.76. The van der Waals surface area contributed by atoms with Crippen molar-refractivity contribution in [1.29, 1.82) is 0 Å². The second-order valence-corrected chi connectivity index (χ2v) is 6.66. The van der Waals surface area contributed by atoms with Crippen LogP contribution < -0.4 is 32.0 Å². The summed E-state index contributed by atoms with van der Waals surface area (Å²) in [6, 6.07) is 3.23. The van der Waals surface area contributed by atoms with E-state index in [1.807, 2.05) is 26.0 Å². The van der Waals surface area contributed by atoms with Crippen molar-refractivity contribution in [2.45, 2.75) is 51.6 Å². The molecular formula is C19H33N5O3. The highest BCUT2D eigenvalue weighted by Crippen LogP contribution is 2.29. The molecule has 1 rings (SSSR count). The fraction of sp³-hybridized carbons (Fsp3) is 0.579. The Labute approximate surface area is 161 Å². The zero-order valence-electron chi connectivity index (χ0n) is 16.7. The van der Waals surface area contributed by atoms with Gasteiger partial charge in [0.05, 0.1) is 20.3 Å². The zero-order chi connectivity index (χ0) is 20.4. The van der Waals surface area contributed by atoms with Crippen LogP contribution in [-0.2, 0) is 11.2 Å². The Morgan fingerprint density at radius 3 is 2.44 bits per heavy atom. The number of carbonyl (C=O) groups is 1. The van der Waals surface area contributed by atoms with Gasteiger partial charge in [0.2, 0.25) is 5.91 Å². The normalized spacial score (nSPS) is 12.8. The fourth-order valence-electron chi connectivity index (χ4n) is 2.82. The molecule has 0 aliphatic heterocycles. The standard InChI is InChI=1S/C19H33N5O3/c1-12-9-17(27-4)14(11-16(12)26-3)10-13(2)24-18(25)15(20)7-5-6-8-23-19(21)22/h9,11,13,15H,5-8,10,20H2,1-4H3,(H,24,25)(H4,21,22,23). The van der Waals surface area contributed by atoms with Crippen molar-refractivity contribution >= 4 is 11.9 Å². The van der Waals surface area contributed by atoms with Crippen molar-refractivity contribution in [1.82, 2.24) is 5.32 Å². The predicted molar refractivity (Wildman–Crippen MR) is 108 cm³/mol. The van der Waals surface area contributed by atoms with Gasteiger partial charge >= 0.3 is 0 Å². The second-order valence-electron chi connectivity index (χ2n) is 6.66. The van der Waals surface area contributed by atoms with Gasteiger partial charge in [0, 0.05) is 12.6 Å². The summed E-state index contributed by atoms with van der Waals surface area (Å²) in [5.41, 5.74) is 18.5. The first-order valence-corrected chi connectivity index (χ1v) is 9.11. The molecule has 8 heteroatoms. The molecule has 0 fully saturated rings. The molecule has 2 atom stereocenters. The number of methoxy groups -OCH3 is 2. The number of aryl methyl sites for hydroxylation is 1. The third-order valence-corrected chi connectivity index (χ3v) is 4.27. The number of nitrogens with two attached hydrogens (primary N) is 3. The van der Waals surface area contributed by atoms with Crippen LogP contribution in [0.1, 0.15) is 37.3 Å². The molecule has 0 spiro atoms. The van der Waals surface area contributed by atoms with Gasteiger partial charge in [-0.15, -0.1) is 0 Å². The number of nitrogens with zero attached hydrogens (tertiary/aromatic N) is 1. The molecule has 0 saturated carbocycles. The Bertz CT molecular complexity index is 644. The topological polar surface area (TPSA) is 138 Å². The highest BCUT2D eigenvalue weighted by atomic mass is 16.5. The molecule has 0 bridgehead atoms. The number of benzene rings is 1. The number of hydrogen-bond donors (Lipinski definition) is 4. The maximum atomic E-state index is 12.3. The summed E-state index contributed by atoms with van der Waals surface area (Å²) in [4.78, 5) is 16.2. The number of ether oxygens (including phenoxy) is 2. The SMILES string of the molecule is COc1cc(CC(C)NC(=O)C(N)CCCCN=C(N)N)c(OC)cc1C. The number of rotatable bonds is 11. The Morgan fingerprint density at radius 1 is 1.19 bits per heavy atom. The average molecular weight is 380 g/mol. The molecule has 0 saturated heterocycles. The minimum absolute atomic E-state index is 0.0778. The lowest BCUT2D eigenvalue weighted by molar-refractivity contribution is -0.123. The van der Waals surface area contributed by atoms with Gasteiger partial charge in [0.25, 0.3) is 0 Å². The van der Waals surface area contributed by atoms with Crippen LogP contribution >= 0.6 is 0 Å². The van der Waals surface area contributed by atoms with Gasteiger partial charge < -0.3 is 32.0 Å². The molecule has 7 N–H and O–H groups in total. The van der Waals surface area contributed by atoms with Crippen molar-refractivity contribution in [3.63, 3.8) is 0 Å². The minimum atomic E-state index is -0.555. The summed E-state index contributed by atoms with van der Waals surface area (Å²) >= 11 is 0. The van der Waals surface area contributed by atoms with Crippen LogP contribution in [0.3, 0.4) is 0 Å². The molecule has 0 heterocycles. The van der Waals surface area contributed by atoms with Gasteiger partial charge in [-0.1, -0.05) is 0 Å². The van der Waals surface area contributed by atoms with Crippen molar-refractivity contribution in [2.24, 2.45) is 22.2 Å². The molecule has 0 radical (unpaired) electrons. The van der Waals surface area contributed by atoms with E-state index in [9.17, 15) is 4.79 Å². The largest absolute Gasteiger partial charge is 0.496 e. The summed E-state index contributed by atoms with van der Waals surface area (Å²) in [5, 5.41) is 2.96. The smallest absolute Gasteiger partial charge is 0.237 e. The quantitative estimate of drug-likeness (QED) is 0.255. The van der Waals surface area contributed by atoms with E-state index in [2.05, 4.69) is 10.3 Å².